The molecule has 0 radical (unpaired) electrons. The molecule has 0 saturated carbocycles. The monoisotopic (exact) mass is 235 g/mol. The SMILES string of the molecule is CCC(C)(C)C(COCc1ccccc1)NC. The Morgan fingerprint density at radius 1 is 1.24 bits per heavy atom. The molecule has 1 N–H and O–H groups in total. The van der Waals surface area contributed by atoms with Crippen LogP contribution < -0.4 is 5.32 Å². The standard InChI is InChI=1S/C15H25NO/c1-5-15(2,3)14(16-4)12-17-11-13-9-7-6-8-10-13/h6-10,14,16H,5,11-12H2,1-4H3. The lowest BCUT2D eigenvalue weighted by molar-refractivity contribution is 0.0613. The fourth-order valence-corrected chi connectivity index (χ4v) is 1.81. The summed E-state index contributed by atoms with van der Waals surface area (Å²) in [5.74, 6) is 0. The summed E-state index contributed by atoms with van der Waals surface area (Å²) in [5, 5.41) is 3.35. The lowest BCUT2D eigenvalue weighted by Gasteiger charge is -2.33. The van der Waals surface area contributed by atoms with Gasteiger partial charge in [0.15, 0.2) is 0 Å². The third-order valence-electron chi connectivity index (χ3n) is 3.60. The molecule has 2 heteroatoms. The van der Waals surface area contributed by atoms with Gasteiger partial charge in [-0.1, -0.05) is 51.1 Å². The van der Waals surface area contributed by atoms with Crippen molar-refractivity contribution in [3.05, 3.63) is 35.9 Å². The zero-order valence-electron chi connectivity index (χ0n) is 11.5. The molecule has 17 heavy (non-hydrogen) atoms. The third kappa shape index (κ3) is 4.49. The molecule has 0 amide bonds. The second kappa shape index (κ2) is 6.77. The predicted octanol–water partition coefficient (Wildman–Crippen LogP) is 3.23. The summed E-state index contributed by atoms with van der Waals surface area (Å²) in [5.41, 5.74) is 1.50. The van der Waals surface area contributed by atoms with E-state index in [0.717, 1.165) is 13.0 Å². The number of ether oxygens (including phenoxy) is 1. The summed E-state index contributed by atoms with van der Waals surface area (Å²) >= 11 is 0. The van der Waals surface area contributed by atoms with Crippen LogP contribution in [-0.4, -0.2) is 19.7 Å². The van der Waals surface area contributed by atoms with Crippen LogP contribution in [-0.2, 0) is 11.3 Å². The molecular weight excluding hydrogens is 210 g/mol. The van der Waals surface area contributed by atoms with Gasteiger partial charge in [-0.2, -0.15) is 0 Å². The van der Waals surface area contributed by atoms with Crippen molar-refractivity contribution in [2.24, 2.45) is 5.41 Å². The van der Waals surface area contributed by atoms with Gasteiger partial charge >= 0.3 is 0 Å². The van der Waals surface area contributed by atoms with Crippen LogP contribution in [0, 0.1) is 5.41 Å². The zero-order chi connectivity index (χ0) is 12.7. The number of hydrogen-bond donors (Lipinski definition) is 1. The highest BCUT2D eigenvalue weighted by Crippen LogP contribution is 2.24. The fourth-order valence-electron chi connectivity index (χ4n) is 1.81. The molecule has 1 atom stereocenters. The van der Waals surface area contributed by atoms with Crippen molar-refractivity contribution >= 4 is 0 Å². The van der Waals surface area contributed by atoms with Crippen LogP contribution >= 0.6 is 0 Å². The minimum Gasteiger partial charge on any atom is -0.375 e. The minimum atomic E-state index is 0.269. The molecule has 0 bridgehead atoms. The smallest absolute Gasteiger partial charge is 0.0717 e. The number of nitrogens with one attached hydrogen (secondary N) is 1. The second-order valence-electron chi connectivity index (χ2n) is 5.18. The van der Waals surface area contributed by atoms with Crippen molar-refractivity contribution in [2.75, 3.05) is 13.7 Å². The molecule has 1 unspecified atom stereocenters. The topological polar surface area (TPSA) is 21.3 Å². The average Bonchev–Trinajstić information content (AvgIpc) is 2.35. The van der Waals surface area contributed by atoms with Gasteiger partial charge in [0.25, 0.3) is 0 Å². The molecule has 0 fully saturated rings. The molecule has 1 aromatic carbocycles. The number of benzene rings is 1. The van der Waals surface area contributed by atoms with Gasteiger partial charge < -0.3 is 10.1 Å². The third-order valence-corrected chi connectivity index (χ3v) is 3.60. The summed E-state index contributed by atoms with van der Waals surface area (Å²) < 4.78 is 5.80. The van der Waals surface area contributed by atoms with Crippen LogP contribution in [0.4, 0.5) is 0 Å². The quantitative estimate of drug-likeness (QED) is 0.783. The molecule has 0 spiro atoms. The number of rotatable bonds is 7. The second-order valence-corrected chi connectivity index (χ2v) is 5.18. The summed E-state index contributed by atoms with van der Waals surface area (Å²) in [7, 11) is 2.01. The molecule has 96 valence electrons. The predicted molar refractivity (Wildman–Crippen MR) is 73.0 cm³/mol. The van der Waals surface area contributed by atoms with E-state index in [-0.39, 0.29) is 5.41 Å². The Morgan fingerprint density at radius 3 is 2.41 bits per heavy atom. The molecule has 0 saturated heterocycles. The van der Waals surface area contributed by atoms with Crippen molar-refractivity contribution in [3.8, 4) is 0 Å². The van der Waals surface area contributed by atoms with Gasteiger partial charge in [-0.3, -0.25) is 0 Å². The van der Waals surface area contributed by atoms with E-state index in [1.165, 1.54) is 5.56 Å². The van der Waals surface area contributed by atoms with Gasteiger partial charge in [-0.05, 0) is 24.4 Å². The van der Waals surface area contributed by atoms with Crippen LogP contribution in [0.25, 0.3) is 0 Å². The lowest BCUT2D eigenvalue weighted by atomic mass is 9.82. The number of hydrogen-bond acceptors (Lipinski definition) is 2. The summed E-state index contributed by atoms with van der Waals surface area (Å²) in [4.78, 5) is 0. The van der Waals surface area contributed by atoms with E-state index in [1.807, 2.05) is 25.2 Å². The molecule has 0 heterocycles. The first-order chi connectivity index (χ1) is 8.10. The molecule has 0 aliphatic rings. The highest BCUT2D eigenvalue weighted by molar-refractivity contribution is 5.13. The van der Waals surface area contributed by atoms with Gasteiger partial charge in [-0.25, -0.2) is 0 Å². The summed E-state index contributed by atoms with van der Waals surface area (Å²) in [6.45, 7) is 8.23. The van der Waals surface area contributed by atoms with E-state index < -0.39 is 0 Å². The zero-order valence-corrected chi connectivity index (χ0v) is 11.5. The maximum Gasteiger partial charge on any atom is 0.0717 e. The van der Waals surface area contributed by atoms with Gasteiger partial charge in [0.05, 0.1) is 13.2 Å². The van der Waals surface area contributed by atoms with E-state index in [9.17, 15) is 0 Å². The lowest BCUT2D eigenvalue weighted by Crippen LogP contribution is -2.43. The maximum absolute atomic E-state index is 5.80. The maximum atomic E-state index is 5.80. The van der Waals surface area contributed by atoms with E-state index in [2.05, 4.69) is 38.2 Å². The Morgan fingerprint density at radius 2 is 1.88 bits per heavy atom. The molecule has 2 nitrogen and oxygen atoms in total. The molecular formula is C15H25NO. The largest absolute Gasteiger partial charge is 0.375 e. The van der Waals surface area contributed by atoms with E-state index in [0.29, 0.717) is 12.6 Å². The van der Waals surface area contributed by atoms with Gasteiger partial charge in [0.2, 0.25) is 0 Å². The first-order valence-corrected chi connectivity index (χ1v) is 6.39. The van der Waals surface area contributed by atoms with Gasteiger partial charge in [0, 0.05) is 6.04 Å². The van der Waals surface area contributed by atoms with Crippen LogP contribution in [0.2, 0.25) is 0 Å². The Kier molecular flexibility index (Phi) is 5.66. The molecule has 0 aliphatic heterocycles. The van der Waals surface area contributed by atoms with E-state index in [1.54, 1.807) is 0 Å². The highest BCUT2D eigenvalue weighted by Gasteiger charge is 2.26. The Balaban J connectivity index is 2.39. The first-order valence-electron chi connectivity index (χ1n) is 6.39. The van der Waals surface area contributed by atoms with Crippen molar-refractivity contribution in [3.63, 3.8) is 0 Å². The summed E-state index contributed by atoms with van der Waals surface area (Å²) in [6.07, 6.45) is 1.15. The summed E-state index contributed by atoms with van der Waals surface area (Å²) in [6, 6.07) is 10.7. The highest BCUT2D eigenvalue weighted by atomic mass is 16.5. The van der Waals surface area contributed by atoms with Crippen molar-refractivity contribution in [1.82, 2.24) is 5.32 Å². The molecule has 0 aromatic heterocycles. The van der Waals surface area contributed by atoms with Gasteiger partial charge in [0.1, 0.15) is 0 Å². The van der Waals surface area contributed by atoms with Gasteiger partial charge in [-0.15, -0.1) is 0 Å². The Bertz CT molecular complexity index is 308. The van der Waals surface area contributed by atoms with Crippen molar-refractivity contribution < 1.29 is 4.74 Å². The molecule has 0 aliphatic carbocycles. The van der Waals surface area contributed by atoms with Crippen LogP contribution in [0.15, 0.2) is 30.3 Å². The van der Waals surface area contributed by atoms with Crippen LogP contribution in [0.5, 0.6) is 0 Å². The van der Waals surface area contributed by atoms with E-state index in [4.69, 9.17) is 4.74 Å². The molecule has 1 aromatic rings. The molecule has 1 rings (SSSR count). The average molecular weight is 235 g/mol. The minimum absolute atomic E-state index is 0.269. The fraction of sp³-hybridized carbons (Fsp3) is 0.600. The Hall–Kier alpha value is -0.860. The van der Waals surface area contributed by atoms with Crippen LogP contribution in [0.3, 0.4) is 0 Å². The Labute approximate surface area is 105 Å². The van der Waals surface area contributed by atoms with E-state index >= 15 is 0 Å². The van der Waals surface area contributed by atoms with Crippen LogP contribution in [0.1, 0.15) is 32.8 Å². The number of likely N-dealkylation sites (N-methyl/N-ethyl adjacent to an activating group) is 1. The van der Waals surface area contributed by atoms with Crippen molar-refractivity contribution in [2.45, 2.75) is 39.8 Å². The first kappa shape index (κ1) is 14.2. The van der Waals surface area contributed by atoms with Crippen molar-refractivity contribution in [1.29, 1.82) is 0 Å². The normalized spacial score (nSPS) is 13.6.